The van der Waals surface area contributed by atoms with Crippen molar-refractivity contribution in [3.05, 3.63) is 78.4 Å². The number of benzene rings is 1. The van der Waals surface area contributed by atoms with Crippen molar-refractivity contribution in [2.24, 2.45) is 7.05 Å². The third-order valence-corrected chi connectivity index (χ3v) is 7.80. The van der Waals surface area contributed by atoms with Gasteiger partial charge in [-0.2, -0.15) is 5.10 Å². The van der Waals surface area contributed by atoms with Gasteiger partial charge in [0, 0.05) is 55.2 Å². The van der Waals surface area contributed by atoms with Crippen molar-refractivity contribution in [1.82, 2.24) is 39.8 Å². The number of aromatic nitrogens is 7. The number of hydrogen-bond acceptors (Lipinski definition) is 8. The third-order valence-electron chi connectivity index (χ3n) is 7.80. The first kappa shape index (κ1) is 26.4. The van der Waals surface area contributed by atoms with Crippen LogP contribution in [0, 0.1) is 5.82 Å². The minimum Gasteiger partial charge on any atom is -0.494 e. The normalized spacial score (nSPS) is 16.7. The van der Waals surface area contributed by atoms with Crippen LogP contribution in [-0.4, -0.2) is 60.9 Å². The molecule has 11 heteroatoms. The molecule has 0 amide bonds. The maximum atomic E-state index is 14.4. The summed E-state index contributed by atoms with van der Waals surface area (Å²) in [6.45, 7) is 2.15. The maximum Gasteiger partial charge on any atom is 0.164 e. The Labute approximate surface area is 242 Å². The second-order valence-electron chi connectivity index (χ2n) is 10.8. The number of nitrogens with one attached hydrogen (secondary N) is 1. The van der Waals surface area contributed by atoms with Crippen LogP contribution in [-0.2, 0) is 18.3 Å². The van der Waals surface area contributed by atoms with E-state index >= 15 is 0 Å². The van der Waals surface area contributed by atoms with Crippen LogP contribution in [0.3, 0.4) is 0 Å². The molecular formula is C31H31FN8O2. The summed E-state index contributed by atoms with van der Waals surface area (Å²) in [7, 11) is 3.49. The van der Waals surface area contributed by atoms with Gasteiger partial charge in [-0.25, -0.2) is 19.0 Å². The van der Waals surface area contributed by atoms with E-state index in [1.54, 1.807) is 34.9 Å². The summed E-state index contributed by atoms with van der Waals surface area (Å²) >= 11 is 0. The third kappa shape index (κ3) is 5.28. The van der Waals surface area contributed by atoms with Crippen molar-refractivity contribution < 1.29 is 13.9 Å². The quantitative estimate of drug-likeness (QED) is 0.274. The highest BCUT2D eigenvalue weighted by molar-refractivity contribution is 5.81. The second-order valence-corrected chi connectivity index (χ2v) is 10.8. The zero-order valence-corrected chi connectivity index (χ0v) is 23.5. The lowest BCUT2D eigenvalue weighted by atomic mass is 9.98. The minimum atomic E-state index is -0.333. The number of halogens is 1. The summed E-state index contributed by atoms with van der Waals surface area (Å²) < 4.78 is 29.1. The molecule has 0 unspecified atom stereocenters. The summed E-state index contributed by atoms with van der Waals surface area (Å²) in [6, 6.07) is 13.1. The highest BCUT2D eigenvalue weighted by Gasteiger charge is 2.27. The summed E-state index contributed by atoms with van der Waals surface area (Å²) in [6.07, 6.45) is 8.50. The van der Waals surface area contributed by atoms with Crippen molar-refractivity contribution >= 4 is 0 Å². The fraction of sp³-hybridized carbons (Fsp3) is 0.323. The molecule has 7 rings (SSSR count). The van der Waals surface area contributed by atoms with Gasteiger partial charge in [0.2, 0.25) is 0 Å². The summed E-state index contributed by atoms with van der Waals surface area (Å²) in [4.78, 5) is 9.89. The van der Waals surface area contributed by atoms with Crippen molar-refractivity contribution in [3.8, 4) is 45.3 Å². The van der Waals surface area contributed by atoms with Crippen LogP contribution in [0.4, 0.5) is 4.39 Å². The molecule has 4 aromatic heterocycles. The Bertz CT molecular complexity index is 1740. The fourth-order valence-corrected chi connectivity index (χ4v) is 5.35. The van der Waals surface area contributed by atoms with Gasteiger partial charge in [0.15, 0.2) is 11.6 Å². The first-order valence-electron chi connectivity index (χ1n) is 14.1. The van der Waals surface area contributed by atoms with Crippen LogP contribution in [0.1, 0.15) is 36.6 Å². The monoisotopic (exact) mass is 566 g/mol. The molecule has 1 saturated heterocycles. The Kier molecular flexibility index (Phi) is 6.96. The number of aryl methyl sites for hydroxylation is 1. The molecule has 1 atom stereocenters. The molecule has 214 valence electrons. The molecule has 0 radical (unpaired) electrons. The van der Waals surface area contributed by atoms with E-state index in [0.717, 1.165) is 60.6 Å². The number of ether oxygens (including phenoxy) is 2. The first-order valence-corrected chi connectivity index (χ1v) is 14.1. The molecule has 1 aliphatic carbocycles. The van der Waals surface area contributed by atoms with E-state index in [4.69, 9.17) is 19.4 Å². The Hall–Kier alpha value is -4.48. The van der Waals surface area contributed by atoms with Gasteiger partial charge in [-0.15, -0.1) is 10.2 Å². The summed E-state index contributed by atoms with van der Waals surface area (Å²) in [5.41, 5.74) is 5.87. The lowest BCUT2D eigenvalue weighted by Gasteiger charge is -2.13. The van der Waals surface area contributed by atoms with E-state index in [-0.39, 0.29) is 5.82 Å². The van der Waals surface area contributed by atoms with E-state index in [9.17, 15) is 4.39 Å². The summed E-state index contributed by atoms with van der Waals surface area (Å²) in [5, 5.41) is 16.4. The lowest BCUT2D eigenvalue weighted by Crippen LogP contribution is -2.28. The van der Waals surface area contributed by atoms with Crippen molar-refractivity contribution in [2.75, 3.05) is 20.3 Å². The smallest absolute Gasteiger partial charge is 0.164 e. The fourth-order valence-electron chi connectivity index (χ4n) is 5.35. The molecule has 1 aliphatic heterocycles. The lowest BCUT2D eigenvalue weighted by molar-refractivity contribution is 0.189. The highest BCUT2D eigenvalue weighted by atomic mass is 19.1. The molecule has 1 saturated carbocycles. The average Bonchev–Trinajstić information content (AvgIpc) is 3.35. The molecule has 5 heterocycles. The molecular weight excluding hydrogens is 535 g/mol. The first-order chi connectivity index (χ1) is 20.6. The number of hydrogen-bond donors (Lipinski definition) is 1. The zero-order valence-electron chi connectivity index (χ0n) is 23.5. The Balaban J connectivity index is 1.25. The minimum absolute atomic E-state index is 0.333. The van der Waals surface area contributed by atoms with Crippen molar-refractivity contribution in [2.45, 2.75) is 37.8 Å². The van der Waals surface area contributed by atoms with Gasteiger partial charge in [-0.05, 0) is 66.8 Å². The number of nitrogens with zero attached hydrogens (tertiary/aromatic N) is 7. The second kappa shape index (κ2) is 11.1. The molecule has 2 fully saturated rings. The molecule has 1 aromatic carbocycles. The van der Waals surface area contributed by atoms with Crippen LogP contribution < -0.4 is 10.1 Å². The van der Waals surface area contributed by atoms with Gasteiger partial charge in [0.25, 0.3) is 0 Å². The molecule has 1 N–H and O–H groups in total. The van der Waals surface area contributed by atoms with Crippen LogP contribution in [0.15, 0.2) is 61.2 Å². The molecule has 10 nitrogen and oxygen atoms in total. The van der Waals surface area contributed by atoms with Crippen LogP contribution in [0.25, 0.3) is 39.6 Å². The summed E-state index contributed by atoms with van der Waals surface area (Å²) in [5.74, 6) is 1.99. The Morgan fingerprint density at radius 2 is 1.95 bits per heavy atom. The van der Waals surface area contributed by atoms with E-state index < -0.39 is 0 Å². The van der Waals surface area contributed by atoms with E-state index in [1.807, 2.05) is 31.4 Å². The van der Waals surface area contributed by atoms with Crippen LogP contribution >= 0.6 is 0 Å². The number of rotatable bonds is 9. The Morgan fingerprint density at radius 1 is 1.05 bits per heavy atom. The van der Waals surface area contributed by atoms with E-state index in [2.05, 4.69) is 26.7 Å². The van der Waals surface area contributed by atoms with Gasteiger partial charge < -0.3 is 19.4 Å². The van der Waals surface area contributed by atoms with E-state index in [1.165, 1.54) is 12.1 Å². The predicted molar refractivity (Wildman–Crippen MR) is 155 cm³/mol. The van der Waals surface area contributed by atoms with Gasteiger partial charge in [0.1, 0.15) is 23.6 Å². The predicted octanol–water partition coefficient (Wildman–Crippen LogP) is 4.70. The number of pyridine rings is 2. The van der Waals surface area contributed by atoms with Crippen molar-refractivity contribution in [1.29, 1.82) is 0 Å². The van der Waals surface area contributed by atoms with Gasteiger partial charge >= 0.3 is 0 Å². The van der Waals surface area contributed by atoms with Crippen molar-refractivity contribution in [3.63, 3.8) is 0 Å². The van der Waals surface area contributed by atoms with Crippen LogP contribution in [0.2, 0.25) is 0 Å². The Morgan fingerprint density at radius 3 is 2.71 bits per heavy atom. The van der Waals surface area contributed by atoms with Crippen LogP contribution in [0.5, 0.6) is 5.75 Å². The SMILES string of the molecule is COc1ccc(CN[C@H]2CCOC2)nc1-c1cnn(-c2cc(-c3ccc(F)cc3-c3nncn3C)cc(C3CC3)n2)c1. The zero-order chi connectivity index (χ0) is 28.6. The number of methoxy groups -OCH3 is 1. The molecule has 0 bridgehead atoms. The topological polar surface area (TPSA) is 105 Å². The molecule has 2 aliphatic rings. The largest absolute Gasteiger partial charge is 0.494 e. The van der Waals surface area contributed by atoms with E-state index in [0.29, 0.717) is 47.2 Å². The molecule has 42 heavy (non-hydrogen) atoms. The van der Waals surface area contributed by atoms with Gasteiger partial charge in [-0.1, -0.05) is 6.07 Å². The molecule has 0 spiro atoms. The van der Waals surface area contributed by atoms with Gasteiger partial charge in [0.05, 0.1) is 25.6 Å². The van der Waals surface area contributed by atoms with Gasteiger partial charge in [-0.3, -0.25) is 0 Å². The maximum absolute atomic E-state index is 14.4. The average molecular weight is 567 g/mol. The highest BCUT2D eigenvalue weighted by Crippen LogP contribution is 2.42. The standard InChI is InChI=1S/C31H31FN8O2/c1-39-18-34-38-31(39)26-13-22(32)5-7-25(26)20-11-27(19-3-4-19)37-29(12-20)40-16-21(14-35-40)30-28(41-2)8-6-23(36-30)15-33-24-9-10-42-17-24/h5-8,11-14,16,18-19,24,33H,3-4,9-10,15,17H2,1-2H3/t24-/m0/s1. The molecule has 5 aromatic rings.